The van der Waals surface area contributed by atoms with E-state index in [1.165, 1.54) is 25.7 Å². The topological polar surface area (TPSA) is 44.2 Å². The molecule has 5 heteroatoms. The molecule has 2 aromatic rings. The van der Waals surface area contributed by atoms with Crippen LogP contribution < -0.4 is 9.47 Å². The Balaban J connectivity index is 1.82. The summed E-state index contributed by atoms with van der Waals surface area (Å²) in [6.45, 7) is 0. The molecule has 3 rings (SSSR count). The molecule has 22 heavy (non-hydrogen) atoms. The van der Waals surface area contributed by atoms with E-state index >= 15 is 0 Å². The summed E-state index contributed by atoms with van der Waals surface area (Å²) in [5.41, 5.74) is 1.69. The van der Waals surface area contributed by atoms with Gasteiger partial charge in [-0.05, 0) is 43.2 Å². The van der Waals surface area contributed by atoms with Crippen LogP contribution in [-0.4, -0.2) is 29.7 Å². The molecule has 1 saturated carbocycles. The standard InChI is InChI=1S/C17H20N2O2S/c1-20-12-7-9-16(21-2)14(11-12)15-8-10-17(19-18-15)22-13-5-3-4-6-13/h7-11,13H,3-6H2,1-2H3. The summed E-state index contributed by atoms with van der Waals surface area (Å²) in [5, 5.41) is 10.4. The van der Waals surface area contributed by atoms with Crippen LogP contribution in [-0.2, 0) is 0 Å². The number of thioether (sulfide) groups is 1. The smallest absolute Gasteiger partial charge is 0.128 e. The Morgan fingerprint density at radius 1 is 1.00 bits per heavy atom. The van der Waals surface area contributed by atoms with Crippen molar-refractivity contribution in [3.05, 3.63) is 30.3 Å². The number of ether oxygens (including phenoxy) is 2. The molecule has 4 nitrogen and oxygen atoms in total. The molecule has 0 N–H and O–H groups in total. The lowest BCUT2D eigenvalue weighted by molar-refractivity contribution is 0.404. The second-order valence-electron chi connectivity index (χ2n) is 5.35. The first kappa shape index (κ1) is 15.2. The third kappa shape index (κ3) is 3.35. The fourth-order valence-electron chi connectivity index (χ4n) is 2.72. The number of hydrogen-bond donors (Lipinski definition) is 0. The molecule has 0 spiro atoms. The maximum absolute atomic E-state index is 5.41. The average Bonchev–Trinajstić information content (AvgIpc) is 3.08. The largest absolute Gasteiger partial charge is 0.497 e. The Hall–Kier alpha value is -1.75. The van der Waals surface area contributed by atoms with Crippen molar-refractivity contribution in [2.24, 2.45) is 0 Å². The van der Waals surface area contributed by atoms with Crippen LogP contribution in [0.2, 0.25) is 0 Å². The van der Waals surface area contributed by atoms with Crippen LogP contribution in [0.5, 0.6) is 11.5 Å². The van der Waals surface area contributed by atoms with Gasteiger partial charge in [-0.15, -0.1) is 22.0 Å². The highest BCUT2D eigenvalue weighted by Gasteiger charge is 2.17. The van der Waals surface area contributed by atoms with Crippen LogP contribution >= 0.6 is 11.8 Å². The van der Waals surface area contributed by atoms with E-state index in [2.05, 4.69) is 10.2 Å². The molecule has 0 aliphatic heterocycles. The molecule has 0 radical (unpaired) electrons. The average molecular weight is 316 g/mol. The van der Waals surface area contributed by atoms with Gasteiger partial charge in [0, 0.05) is 10.8 Å². The predicted molar refractivity (Wildman–Crippen MR) is 88.7 cm³/mol. The lowest BCUT2D eigenvalue weighted by atomic mass is 10.1. The third-order valence-corrected chi connectivity index (χ3v) is 5.18. The summed E-state index contributed by atoms with van der Waals surface area (Å²) >= 11 is 1.84. The van der Waals surface area contributed by atoms with E-state index in [0.29, 0.717) is 5.25 Å². The van der Waals surface area contributed by atoms with Crippen LogP contribution in [0.3, 0.4) is 0 Å². The minimum atomic E-state index is 0.700. The Labute approximate surface area is 135 Å². The molecule has 1 aliphatic carbocycles. The van der Waals surface area contributed by atoms with Crippen LogP contribution in [0.1, 0.15) is 25.7 Å². The molecule has 0 amide bonds. The first-order valence-corrected chi connectivity index (χ1v) is 8.41. The van der Waals surface area contributed by atoms with Crippen molar-refractivity contribution in [2.75, 3.05) is 14.2 Å². The van der Waals surface area contributed by atoms with Crippen molar-refractivity contribution < 1.29 is 9.47 Å². The van der Waals surface area contributed by atoms with E-state index in [1.54, 1.807) is 14.2 Å². The van der Waals surface area contributed by atoms with Gasteiger partial charge in [0.1, 0.15) is 16.5 Å². The summed E-state index contributed by atoms with van der Waals surface area (Å²) < 4.78 is 10.7. The Bertz CT molecular complexity index is 625. The summed E-state index contributed by atoms with van der Waals surface area (Å²) in [6.07, 6.45) is 5.25. The molecule has 1 fully saturated rings. The highest BCUT2D eigenvalue weighted by Crippen LogP contribution is 2.35. The summed E-state index contributed by atoms with van der Waals surface area (Å²) in [6, 6.07) is 9.73. The molecular weight excluding hydrogens is 296 g/mol. The third-order valence-electron chi connectivity index (χ3n) is 3.91. The second kappa shape index (κ2) is 7.01. The molecule has 0 saturated heterocycles. The van der Waals surface area contributed by atoms with Gasteiger partial charge < -0.3 is 9.47 Å². The normalized spacial score (nSPS) is 15.0. The van der Waals surface area contributed by atoms with Crippen molar-refractivity contribution in [1.82, 2.24) is 10.2 Å². The van der Waals surface area contributed by atoms with Gasteiger partial charge in [-0.3, -0.25) is 0 Å². The number of aromatic nitrogens is 2. The van der Waals surface area contributed by atoms with E-state index in [4.69, 9.17) is 9.47 Å². The van der Waals surface area contributed by atoms with E-state index in [1.807, 2.05) is 42.1 Å². The minimum absolute atomic E-state index is 0.700. The monoisotopic (exact) mass is 316 g/mol. The van der Waals surface area contributed by atoms with Crippen molar-refractivity contribution in [3.8, 4) is 22.8 Å². The van der Waals surface area contributed by atoms with Gasteiger partial charge in [-0.25, -0.2) is 0 Å². The Morgan fingerprint density at radius 3 is 2.45 bits per heavy atom. The molecule has 0 unspecified atom stereocenters. The number of methoxy groups -OCH3 is 2. The summed E-state index contributed by atoms with van der Waals surface area (Å²) in [5.74, 6) is 1.55. The molecule has 0 bridgehead atoms. The molecular formula is C17H20N2O2S. The number of nitrogens with zero attached hydrogens (tertiary/aromatic N) is 2. The number of rotatable bonds is 5. The zero-order valence-corrected chi connectivity index (χ0v) is 13.7. The van der Waals surface area contributed by atoms with Crippen molar-refractivity contribution in [2.45, 2.75) is 36.0 Å². The van der Waals surface area contributed by atoms with Gasteiger partial charge in [-0.1, -0.05) is 12.8 Å². The van der Waals surface area contributed by atoms with Gasteiger partial charge in [0.15, 0.2) is 0 Å². The lowest BCUT2D eigenvalue weighted by Gasteiger charge is -2.11. The minimum Gasteiger partial charge on any atom is -0.497 e. The van der Waals surface area contributed by atoms with Crippen LogP contribution in [0, 0.1) is 0 Å². The molecule has 1 aromatic heterocycles. The second-order valence-corrected chi connectivity index (χ2v) is 6.67. The lowest BCUT2D eigenvalue weighted by Crippen LogP contribution is -1.97. The SMILES string of the molecule is COc1ccc(OC)c(-c2ccc(SC3CCCC3)nn2)c1. The Morgan fingerprint density at radius 2 is 1.82 bits per heavy atom. The van der Waals surface area contributed by atoms with Crippen LogP contribution in [0.25, 0.3) is 11.3 Å². The molecule has 1 aromatic carbocycles. The van der Waals surface area contributed by atoms with Crippen LogP contribution in [0.15, 0.2) is 35.4 Å². The fourth-order valence-corrected chi connectivity index (χ4v) is 3.86. The fraction of sp³-hybridized carbons (Fsp3) is 0.412. The number of hydrogen-bond acceptors (Lipinski definition) is 5. The van der Waals surface area contributed by atoms with Crippen molar-refractivity contribution >= 4 is 11.8 Å². The zero-order valence-electron chi connectivity index (χ0n) is 12.9. The highest BCUT2D eigenvalue weighted by atomic mass is 32.2. The molecule has 116 valence electrons. The van der Waals surface area contributed by atoms with E-state index in [-0.39, 0.29) is 0 Å². The molecule has 1 aliphatic rings. The van der Waals surface area contributed by atoms with Gasteiger partial charge in [-0.2, -0.15) is 0 Å². The number of benzene rings is 1. The van der Waals surface area contributed by atoms with Crippen molar-refractivity contribution in [1.29, 1.82) is 0 Å². The van der Waals surface area contributed by atoms with Crippen LogP contribution in [0.4, 0.5) is 0 Å². The van der Waals surface area contributed by atoms with Gasteiger partial charge in [0.25, 0.3) is 0 Å². The predicted octanol–water partition coefficient (Wildman–Crippen LogP) is 4.20. The van der Waals surface area contributed by atoms with E-state index in [0.717, 1.165) is 27.8 Å². The zero-order chi connectivity index (χ0) is 15.4. The highest BCUT2D eigenvalue weighted by molar-refractivity contribution is 7.99. The van der Waals surface area contributed by atoms with Gasteiger partial charge in [0.2, 0.25) is 0 Å². The summed E-state index contributed by atoms with van der Waals surface area (Å²) in [4.78, 5) is 0. The van der Waals surface area contributed by atoms with Gasteiger partial charge in [0.05, 0.1) is 19.9 Å². The van der Waals surface area contributed by atoms with E-state index < -0.39 is 0 Å². The quantitative estimate of drug-likeness (QED) is 0.827. The maximum atomic E-state index is 5.41. The molecule has 0 atom stereocenters. The first-order chi connectivity index (χ1) is 10.8. The Kier molecular flexibility index (Phi) is 4.83. The van der Waals surface area contributed by atoms with Crippen molar-refractivity contribution in [3.63, 3.8) is 0 Å². The molecule has 1 heterocycles. The summed E-state index contributed by atoms with van der Waals surface area (Å²) in [7, 11) is 3.31. The van der Waals surface area contributed by atoms with E-state index in [9.17, 15) is 0 Å². The van der Waals surface area contributed by atoms with Gasteiger partial charge >= 0.3 is 0 Å². The maximum Gasteiger partial charge on any atom is 0.128 e. The first-order valence-electron chi connectivity index (χ1n) is 7.53.